The number of piperazine rings is 1. The van der Waals surface area contributed by atoms with Crippen molar-refractivity contribution in [2.45, 2.75) is 26.7 Å². The van der Waals surface area contributed by atoms with Gasteiger partial charge in [-0.2, -0.15) is 0 Å². The van der Waals surface area contributed by atoms with Crippen LogP contribution < -0.4 is 10.2 Å². The molecule has 1 heterocycles. The SMILES string of the molecule is CC(=O)N1CCN(c2cccc(NC(=O)c3ccc(C(C)C)cc3)c2)CC1. The second-order valence-electron chi connectivity index (χ2n) is 7.27. The summed E-state index contributed by atoms with van der Waals surface area (Å²) < 4.78 is 0. The molecule has 3 rings (SSSR count). The summed E-state index contributed by atoms with van der Waals surface area (Å²) in [5.74, 6) is 0.463. The minimum Gasteiger partial charge on any atom is -0.368 e. The number of nitrogens with one attached hydrogen (secondary N) is 1. The minimum absolute atomic E-state index is 0.108. The molecule has 2 amide bonds. The third kappa shape index (κ3) is 4.67. The molecule has 27 heavy (non-hydrogen) atoms. The van der Waals surface area contributed by atoms with Crippen LogP contribution in [0.25, 0.3) is 0 Å². The number of hydrogen-bond acceptors (Lipinski definition) is 3. The fourth-order valence-electron chi connectivity index (χ4n) is 3.28. The van der Waals surface area contributed by atoms with Gasteiger partial charge in [0.1, 0.15) is 0 Å². The van der Waals surface area contributed by atoms with Crippen molar-refractivity contribution in [1.29, 1.82) is 0 Å². The van der Waals surface area contributed by atoms with E-state index in [9.17, 15) is 9.59 Å². The Labute approximate surface area is 161 Å². The van der Waals surface area contributed by atoms with Crippen LogP contribution >= 0.6 is 0 Å². The van der Waals surface area contributed by atoms with Gasteiger partial charge in [-0.1, -0.05) is 32.0 Å². The molecular formula is C22H27N3O2. The first-order chi connectivity index (χ1) is 12.9. The van der Waals surface area contributed by atoms with E-state index in [1.54, 1.807) is 6.92 Å². The number of carbonyl (C=O) groups is 2. The van der Waals surface area contributed by atoms with Crippen molar-refractivity contribution in [3.8, 4) is 0 Å². The van der Waals surface area contributed by atoms with Crippen molar-refractivity contribution >= 4 is 23.2 Å². The molecule has 1 saturated heterocycles. The number of anilines is 2. The summed E-state index contributed by atoms with van der Waals surface area (Å²) in [6.07, 6.45) is 0. The molecule has 2 aromatic rings. The second-order valence-corrected chi connectivity index (χ2v) is 7.27. The molecule has 5 heteroatoms. The average molecular weight is 365 g/mol. The molecule has 1 aliphatic rings. The van der Waals surface area contributed by atoms with Gasteiger partial charge < -0.3 is 15.1 Å². The number of carbonyl (C=O) groups excluding carboxylic acids is 2. The van der Waals surface area contributed by atoms with Crippen molar-refractivity contribution in [2.75, 3.05) is 36.4 Å². The Morgan fingerprint density at radius 1 is 0.963 bits per heavy atom. The normalized spacial score (nSPS) is 14.4. The van der Waals surface area contributed by atoms with Crippen LogP contribution in [0.1, 0.15) is 42.6 Å². The van der Waals surface area contributed by atoms with Gasteiger partial charge in [0.2, 0.25) is 5.91 Å². The molecule has 1 fully saturated rings. The molecule has 0 saturated carbocycles. The Kier molecular flexibility index (Phi) is 5.79. The summed E-state index contributed by atoms with van der Waals surface area (Å²) >= 11 is 0. The Morgan fingerprint density at radius 3 is 2.22 bits per heavy atom. The maximum Gasteiger partial charge on any atom is 0.255 e. The number of benzene rings is 2. The lowest BCUT2D eigenvalue weighted by Crippen LogP contribution is -2.48. The lowest BCUT2D eigenvalue weighted by atomic mass is 10.0. The molecule has 142 valence electrons. The molecule has 0 aliphatic carbocycles. The van der Waals surface area contributed by atoms with E-state index in [1.165, 1.54) is 5.56 Å². The first-order valence-electron chi connectivity index (χ1n) is 9.46. The minimum atomic E-state index is -0.108. The van der Waals surface area contributed by atoms with Gasteiger partial charge in [-0.15, -0.1) is 0 Å². The Balaban J connectivity index is 1.65. The lowest BCUT2D eigenvalue weighted by molar-refractivity contribution is -0.129. The smallest absolute Gasteiger partial charge is 0.255 e. The van der Waals surface area contributed by atoms with E-state index in [4.69, 9.17) is 0 Å². The van der Waals surface area contributed by atoms with Crippen LogP contribution in [-0.4, -0.2) is 42.9 Å². The van der Waals surface area contributed by atoms with Gasteiger partial charge in [0.15, 0.2) is 0 Å². The molecule has 0 aromatic heterocycles. The Hall–Kier alpha value is -2.82. The van der Waals surface area contributed by atoms with Gasteiger partial charge in [-0.05, 0) is 41.8 Å². The molecule has 0 radical (unpaired) electrons. The maximum atomic E-state index is 12.5. The molecular weight excluding hydrogens is 338 g/mol. The largest absolute Gasteiger partial charge is 0.368 e. The van der Waals surface area contributed by atoms with Crippen molar-refractivity contribution in [1.82, 2.24) is 4.90 Å². The summed E-state index contributed by atoms with van der Waals surface area (Å²) in [5, 5.41) is 2.98. The first-order valence-corrected chi connectivity index (χ1v) is 9.46. The predicted molar refractivity (Wildman–Crippen MR) is 109 cm³/mol. The monoisotopic (exact) mass is 365 g/mol. The predicted octanol–water partition coefficient (Wildman–Crippen LogP) is 3.73. The van der Waals surface area contributed by atoms with Crippen molar-refractivity contribution in [3.05, 3.63) is 59.7 Å². The highest BCUT2D eigenvalue weighted by molar-refractivity contribution is 6.04. The molecule has 0 atom stereocenters. The van der Waals surface area contributed by atoms with Gasteiger partial charge in [0.25, 0.3) is 5.91 Å². The van der Waals surface area contributed by atoms with Gasteiger partial charge >= 0.3 is 0 Å². The Bertz CT molecular complexity index is 807. The zero-order chi connectivity index (χ0) is 19.4. The maximum absolute atomic E-state index is 12.5. The third-order valence-corrected chi connectivity index (χ3v) is 5.03. The first kappa shape index (κ1) is 19.0. The van der Waals surface area contributed by atoms with Crippen LogP contribution in [0.2, 0.25) is 0 Å². The van der Waals surface area contributed by atoms with Gasteiger partial charge in [-0.3, -0.25) is 9.59 Å². The standard InChI is InChI=1S/C22H27N3O2/c1-16(2)18-7-9-19(10-8-18)22(27)23-20-5-4-6-21(15-20)25-13-11-24(12-14-25)17(3)26/h4-10,15-16H,11-14H2,1-3H3,(H,23,27). The number of amides is 2. The number of nitrogens with zero attached hydrogens (tertiary/aromatic N) is 2. The topological polar surface area (TPSA) is 52.7 Å². The van der Waals surface area contributed by atoms with Crippen LogP contribution in [0.4, 0.5) is 11.4 Å². The summed E-state index contributed by atoms with van der Waals surface area (Å²) in [4.78, 5) is 28.1. The molecule has 1 N–H and O–H groups in total. The van der Waals surface area contributed by atoms with E-state index in [1.807, 2.05) is 53.4 Å². The van der Waals surface area contributed by atoms with Crippen molar-refractivity contribution in [3.63, 3.8) is 0 Å². The van der Waals surface area contributed by atoms with E-state index >= 15 is 0 Å². The van der Waals surface area contributed by atoms with Crippen molar-refractivity contribution in [2.24, 2.45) is 0 Å². The molecule has 0 spiro atoms. The third-order valence-electron chi connectivity index (χ3n) is 5.03. The molecule has 0 bridgehead atoms. The van der Waals surface area contributed by atoms with Crippen LogP contribution in [-0.2, 0) is 4.79 Å². The van der Waals surface area contributed by atoms with Crippen molar-refractivity contribution < 1.29 is 9.59 Å². The second kappa shape index (κ2) is 8.25. The average Bonchev–Trinajstić information content (AvgIpc) is 2.68. The quantitative estimate of drug-likeness (QED) is 0.898. The van der Waals surface area contributed by atoms with Crippen LogP contribution in [0.15, 0.2) is 48.5 Å². The fraction of sp³-hybridized carbons (Fsp3) is 0.364. The van der Waals surface area contributed by atoms with E-state index in [0.717, 1.165) is 37.6 Å². The Morgan fingerprint density at radius 2 is 1.63 bits per heavy atom. The summed E-state index contributed by atoms with van der Waals surface area (Å²) in [5.41, 5.74) is 3.71. The van der Waals surface area contributed by atoms with E-state index in [0.29, 0.717) is 11.5 Å². The van der Waals surface area contributed by atoms with Gasteiger partial charge in [0, 0.05) is 50.0 Å². The summed E-state index contributed by atoms with van der Waals surface area (Å²) in [6, 6.07) is 15.6. The van der Waals surface area contributed by atoms with Gasteiger partial charge in [0.05, 0.1) is 0 Å². The number of rotatable bonds is 4. The highest BCUT2D eigenvalue weighted by Crippen LogP contribution is 2.22. The molecule has 2 aromatic carbocycles. The summed E-state index contributed by atoms with van der Waals surface area (Å²) in [7, 11) is 0. The number of hydrogen-bond donors (Lipinski definition) is 1. The lowest BCUT2D eigenvalue weighted by Gasteiger charge is -2.35. The van der Waals surface area contributed by atoms with E-state index < -0.39 is 0 Å². The summed E-state index contributed by atoms with van der Waals surface area (Å²) in [6.45, 7) is 8.94. The van der Waals surface area contributed by atoms with Crippen LogP contribution in [0.3, 0.4) is 0 Å². The van der Waals surface area contributed by atoms with E-state index in [2.05, 4.69) is 24.1 Å². The molecule has 5 nitrogen and oxygen atoms in total. The van der Waals surface area contributed by atoms with E-state index in [-0.39, 0.29) is 11.8 Å². The molecule has 1 aliphatic heterocycles. The highest BCUT2D eigenvalue weighted by atomic mass is 16.2. The van der Waals surface area contributed by atoms with Crippen LogP contribution in [0, 0.1) is 0 Å². The fourth-order valence-corrected chi connectivity index (χ4v) is 3.28. The van der Waals surface area contributed by atoms with Gasteiger partial charge in [-0.25, -0.2) is 0 Å². The zero-order valence-corrected chi connectivity index (χ0v) is 16.2. The molecule has 0 unspecified atom stereocenters. The van der Waals surface area contributed by atoms with Crippen LogP contribution in [0.5, 0.6) is 0 Å². The zero-order valence-electron chi connectivity index (χ0n) is 16.2. The highest BCUT2D eigenvalue weighted by Gasteiger charge is 2.19.